The van der Waals surface area contributed by atoms with Crippen LogP contribution in [0.5, 0.6) is 0 Å². The molecule has 0 atom stereocenters. The lowest BCUT2D eigenvalue weighted by Gasteiger charge is -2.10. The summed E-state index contributed by atoms with van der Waals surface area (Å²) in [7, 11) is 3.54. The molecule has 0 aliphatic heterocycles. The summed E-state index contributed by atoms with van der Waals surface area (Å²) in [4.78, 5) is 18.3. The van der Waals surface area contributed by atoms with Gasteiger partial charge in [0.25, 0.3) is 5.56 Å². The molecule has 4 rings (SSSR count). The molecule has 0 saturated carbocycles. The Bertz CT molecular complexity index is 1100. The molecule has 4 nitrogen and oxygen atoms in total. The molecular weight excluding hydrogens is 276 g/mol. The molecule has 0 aliphatic carbocycles. The number of hydrogen-bond donors (Lipinski definition) is 0. The number of nitrogens with zero attached hydrogens (tertiary/aromatic N) is 2. The first-order valence-corrected chi connectivity index (χ1v) is 7.21. The van der Waals surface area contributed by atoms with Crippen molar-refractivity contribution in [1.29, 1.82) is 0 Å². The molecule has 0 amide bonds. The number of rotatable bonds is 1. The van der Waals surface area contributed by atoms with E-state index in [9.17, 15) is 4.79 Å². The van der Waals surface area contributed by atoms with Gasteiger partial charge in [-0.05, 0) is 18.6 Å². The Morgan fingerprint density at radius 2 is 1.68 bits per heavy atom. The van der Waals surface area contributed by atoms with Crippen LogP contribution in [0, 0.1) is 6.92 Å². The second kappa shape index (κ2) is 4.37. The first-order valence-electron chi connectivity index (χ1n) is 7.21. The van der Waals surface area contributed by atoms with E-state index in [1.54, 1.807) is 0 Å². The van der Waals surface area contributed by atoms with Crippen LogP contribution < -0.4 is 10.4 Å². The predicted molar refractivity (Wildman–Crippen MR) is 89.4 cm³/mol. The van der Waals surface area contributed by atoms with E-state index in [1.807, 2.05) is 43.4 Å². The average molecular weight is 292 g/mol. The third kappa shape index (κ3) is 1.44. The molecule has 0 fully saturated rings. The van der Waals surface area contributed by atoms with Crippen LogP contribution in [0.1, 0.15) is 5.56 Å². The highest BCUT2D eigenvalue weighted by atomic mass is 16.6. The van der Waals surface area contributed by atoms with Crippen LogP contribution in [-0.4, -0.2) is 16.4 Å². The van der Waals surface area contributed by atoms with Crippen molar-refractivity contribution in [3.8, 4) is 0 Å². The van der Waals surface area contributed by atoms with Gasteiger partial charge >= 0.3 is 0 Å². The van der Waals surface area contributed by atoms with Gasteiger partial charge < -0.3 is 9.40 Å². The molecule has 2 heterocycles. The second-order valence-corrected chi connectivity index (χ2v) is 5.55. The van der Waals surface area contributed by atoms with Gasteiger partial charge in [-0.1, -0.05) is 36.4 Å². The first kappa shape index (κ1) is 13.0. The number of fused-ring (bicyclic) bond motifs is 5. The fourth-order valence-electron chi connectivity index (χ4n) is 3.49. The number of aromatic nitrogens is 2. The monoisotopic (exact) mass is 292 g/mol. The topological polar surface area (TPSA) is 36.2 Å². The van der Waals surface area contributed by atoms with Crippen molar-refractivity contribution in [3.05, 3.63) is 58.4 Å². The van der Waals surface area contributed by atoms with E-state index in [-0.39, 0.29) is 5.56 Å². The van der Waals surface area contributed by atoms with Gasteiger partial charge in [0.2, 0.25) is 0 Å². The highest BCUT2D eigenvalue weighted by Gasteiger charge is 2.18. The Morgan fingerprint density at radius 1 is 0.955 bits per heavy atom. The molecule has 0 unspecified atom stereocenters. The van der Waals surface area contributed by atoms with E-state index in [0.29, 0.717) is 5.39 Å². The van der Waals surface area contributed by atoms with Crippen molar-refractivity contribution in [2.24, 2.45) is 7.05 Å². The zero-order chi connectivity index (χ0) is 15.4. The molecule has 110 valence electrons. The van der Waals surface area contributed by atoms with Crippen molar-refractivity contribution < 1.29 is 4.84 Å². The van der Waals surface area contributed by atoms with Gasteiger partial charge in [-0.3, -0.25) is 4.79 Å². The molecule has 2 aromatic carbocycles. The van der Waals surface area contributed by atoms with E-state index in [2.05, 4.69) is 17.6 Å². The molecule has 0 saturated heterocycles. The number of pyridine rings is 1. The lowest BCUT2D eigenvalue weighted by atomic mass is 10.1. The van der Waals surface area contributed by atoms with Crippen molar-refractivity contribution in [1.82, 2.24) is 9.30 Å². The van der Waals surface area contributed by atoms with E-state index in [1.165, 1.54) is 11.8 Å². The second-order valence-electron chi connectivity index (χ2n) is 5.55. The number of para-hydroxylation sites is 2. The van der Waals surface area contributed by atoms with Crippen LogP contribution in [0.15, 0.2) is 47.3 Å². The Kier molecular flexibility index (Phi) is 2.57. The summed E-state index contributed by atoms with van der Waals surface area (Å²) < 4.78 is 3.49. The zero-order valence-corrected chi connectivity index (χ0v) is 12.8. The zero-order valence-electron chi connectivity index (χ0n) is 12.8. The molecule has 4 aromatic rings. The third-order valence-electron chi connectivity index (χ3n) is 4.37. The maximum absolute atomic E-state index is 12.9. The van der Waals surface area contributed by atoms with Gasteiger partial charge in [0.05, 0.1) is 21.9 Å². The normalized spacial score (nSPS) is 11.6. The summed E-state index contributed by atoms with van der Waals surface area (Å²) in [6, 6.07) is 13.9. The first-order chi connectivity index (χ1) is 10.6. The van der Waals surface area contributed by atoms with E-state index < -0.39 is 0 Å². The summed E-state index contributed by atoms with van der Waals surface area (Å²) in [5.41, 5.74) is 3.87. The minimum absolute atomic E-state index is 0.118. The van der Waals surface area contributed by atoms with E-state index in [4.69, 9.17) is 4.84 Å². The Hall–Kier alpha value is -2.75. The molecule has 22 heavy (non-hydrogen) atoms. The fraction of sp³-hybridized carbons (Fsp3) is 0.167. The maximum atomic E-state index is 12.9. The molecule has 4 heteroatoms. The van der Waals surface area contributed by atoms with E-state index >= 15 is 0 Å². The standard InChI is InChI=1S/C18H16N2O2/c1-11-7-6-9-13-15-17(19(2)16(11)13)12-8-4-5-10-14(12)20(22-3)18(15)21/h4-10H,1-3H3. The summed E-state index contributed by atoms with van der Waals surface area (Å²) >= 11 is 0. The largest absolute Gasteiger partial charge is 0.413 e. The molecule has 0 aliphatic rings. The minimum atomic E-state index is -0.118. The maximum Gasteiger partial charge on any atom is 0.293 e. The van der Waals surface area contributed by atoms with Crippen LogP contribution in [-0.2, 0) is 7.05 Å². The Labute approximate surface area is 127 Å². The molecule has 0 bridgehead atoms. The van der Waals surface area contributed by atoms with Gasteiger partial charge in [0, 0.05) is 17.8 Å². The molecular formula is C18H16N2O2. The van der Waals surface area contributed by atoms with Gasteiger partial charge in [-0.25, -0.2) is 0 Å². The van der Waals surface area contributed by atoms with Gasteiger partial charge in [0.15, 0.2) is 0 Å². The highest BCUT2D eigenvalue weighted by Crippen LogP contribution is 2.32. The van der Waals surface area contributed by atoms with Crippen LogP contribution in [0.25, 0.3) is 32.7 Å². The van der Waals surface area contributed by atoms with Gasteiger partial charge in [-0.2, -0.15) is 0 Å². The number of aryl methyl sites for hydroxylation is 2. The fourth-order valence-corrected chi connectivity index (χ4v) is 3.49. The van der Waals surface area contributed by atoms with Crippen molar-refractivity contribution in [2.45, 2.75) is 6.92 Å². The Morgan fingerprint density at radius 3 is 2.45 bits per heavy atom. The quantitative estimate of drug-likeness (QED) is 0.540. The summed E-state index contributed by atoms with van der Waals surface area (Å²) in [5, 5.41) is 2.69. The minimum Gasteiger partial charge on any atom is -0.413 e. The number of benzene rings is 2. The van der Waals surface area contributed by atoms with Gasteiger partial charge in [-0.15, -0.1) is 4.73 Å². The van der Waals surface area contributed by atoms with Crippen molar-refractivity contribution in [2.75, 3.05) is 7.11 Å². The van der Waals surface area contributed by atoms with Crippen LogP contribution in [0.3, 0.4) is 0 Å². The van der Waals surface area contributed by atoms with Crippen molar-refractivity contribution >= 4 is 32.7 Å². The van der Waals surface area contributed by atoms with Crippen LogP contribution in [0.2, 0.25) is 0 Å². The predicted octanol–water partition coefficient (Wildman–Crippen LogP) is 3.01. The summed E-state index contributed by atoms with van der Waals surface area (Å²) in [6.45, 7) is 2.07. The lowest BCUT2D eigenvalue weighted by molar-refractivity contribution is 0.170. The average Bonchev–Trinajstić information content (AvgIpc) is 2.83. The van der Waals surface area contributed by atoms with Gasteiger partial charge in [0.1, 0.15) is 7.11 Å². The molecule has 0 spiro atoms. The molecule has 2 aromatic heterocycles. The lowest BCUT2D eigenvalue weighted by Crippen LogP contribution is -2.25. The SMILES string of the molecule is COn1c(=O)c2c3cccc(C)c3n(C)c2c2ccccc21. The van der Waals surface area contributed by atoms with Crippen molar-refractivity contribution in [3.63, 3.8) is 0 Å². The smallest absolute Gasteiger partial charge is 0.293 e. The summed E-state index contributed by atoms with van der Waals surface area (Å²) in [6.07, 6.45) is 0. The highest BCUT2D eigenvalue weighted by molar-refractivity contribution is 6.16. The van der Waals surface area contributed by atoms with Crippen LogP contribution in [0.4, 0.5) is 0 Å². The molecule has 0 N–H and O–H groups in total. The molecule has 0 radical (unpaired) electrons. The van der Waals surface area contributed by atoms with Crippen LogP contribution >= 0.6 is 0 Å². The number of hydrogen-bond acceptors (Lipinski definition) is 2. The van der Waals surface area contributed by atoms with E-state index in [0.717, 1.165) is 32.9 Å². The summed E-state index contributed by atoms with van der Waals surface area (Å²) in [5.74, 6) is 0. The Balaban J connectivity index is 2.47. The third-order valence-corrected chi connectivity index (χ3v) is 4.37.